The fraction of sp³-hybridized carbons (Fsp3) is 0.143. The minimum absolute atomic E-state index is 0.0591. The Balaban J connectivity index is 1.89. The molecule has 0 radical (unpaired) electrons. The molecule has 0 spiro atoms. The van der Waals surface area contributed by atoms with Crippen molar-refractivity contribution < 1.29 is 18.0 Å². The lowest BCUT2D eigenvalue weighted by atomic mass is 10.1. The van der Waals surface area contributed by atoms with Crippen LogP contribution >= 0.6 is 0 Å². The largest absolute Gasteiger partial charge is 0.300 e. The van der Waals surface area contributed by atoms with Gasteiger partial charge in [-0.2, -0.15) is 0 Å². The zero-order chi connectivity index (χ0) is 19.4. The highest BCUT2D eigenvalue weighted by atomic mass is 32.2. The van der Waals surface area contributed by atoms with E-state index < -0.39 is 10.0 Å². The number of fused-ring (bicyclic) bond motifs is 1. The minimum atomic E-state index is -3.82. The summed E-state index contributed by atoms with van der Waals surface area (Å²) in [6, 6.07) is 18.6. The summed E-state index contributed by atoms with van der Waals surface area (Å²) in [5.74, 6) is -0.257. The SMILES string of the molecule is CC(=O)CCC(=O)c1cccc(NS(=O)(=O)c2cccc3ccccc23)c1. The van der Waals surface area contributed by atoms with E-state index in [-0.39, 0.29) is 29.3 Å². The Kier molecular flexibility index (Phi) is 5.37. The molecule has 3 aromatic carbocycles. The quantitative estimate of drug-likeness (QED) is 0.622. The molecule has 3 rings (SSSR count). The van der Waals surface area contributed by atoms with E-state index in [0.29, 0.717) is 16.6 Å². The third kappa shape index (κ3) is 4.41. The van der Waals surface area contributed by atoms with Crippen LogP contribution in [0.5, 0.6) is 0 Å². The van der Waals surface area contributed by atoms with Gasteiger partial charge in [0.15, 0.2) is 5.78 Å². The number of hydrogen-bond donors (Lipinski definition) is 1. The van der Waals surface area contributed by atoms with E-state index >= 15 is 0 Å². The molecule has 6 heteroatoms. The highest BCUT2D eigenvalue weighted by Gasteiger charge is 2.18. The molecule has 0 unspecified atom stereocenters. The Morgan fingerprint density at radius 2 is 1.59 bits per heavy atom. The van der Waals surface area contributed by atoms with Gasteiger partial charge in [-0.1, -0.05) is 48.5 Å². The smallest absolute Gasteiger partial charge is 0.262 e. The first-order valence-corrected chi connectivity index (χ1v) is 9.98. The van der Waals surface area contributed by atoms with Gasteiger partial charge in [0.2, 0.25) is 0 Å². The summed E-state index contributed by atoms with van der Waals surface area (Å²) in [4.78, 5) is 23.4. The van der Waals surface area contributed by atoms with Crippen molar-refractivity contribution >= 4 is 38.0 Å². The van der Waals surface area contributed by atoms with Gasteiger partial charge in [-0.05, 0) is 30.5 Å². The predicted octanol–water partition coefficient (Wildman–Crippen LogP) is 4.19. The number of benzene rings is 3. The standard InChI is InChI=1S/C21H19NO4S/c1-15(23)12-13-20(24)17-8-4-9-18(14-17)22-27(25,26)21-11-5-7-16-6-2-3-10-19(16)21/h2-11,14,22H,12-13H2,1H3. The molecule has 0 amide bonds. The Morgan fingerprint density at radius 1 is 0.889 bits per heavy atom. The molecule has 0 atom stereocenters. The van der Waals surface area contributed by atoms with Crippen molar-refractivity contribution in [2.45, 2.75) is 24.7 Å². The molecule has 27 heavy (non-hydrogen) atoms. The molecule has 138 valence electrons. The number of hydrogen-bond acceptors (Lipinski definition) is 4. The number of carbonyl (C=O) groups is 2. The van der Waals surface area contributed by atoms with Crippen molar-refractivity contribution in [2.75, 3.05) is 4.72 Å². The summed E-state index contributed by atoms with van der Waals surface area (Å²) in [7, 11) is -3.82. The van der Waals surface area contributed by atoms with Crippen molar-refractivity contribution in [3.63, 3.8) is 0 Å². The van der Waals surface area contributed by atoms with Gasteiger partial charge >= 0.3 is 0 Å². The maximum Gasteiger partial charge on any atom is 0.262 e. The zero-order valence-electron chi connectivity index (χ0n) is 14.8. The van der Waals surface area contributed by atoms with Crippen LogP contribution in [0.25, 0.3) is 10.8 Å². The maximum atomic E-state index is 12.9. The fourth-order valence-electron chi connectivity index (χ4n) is 2.83. The third-order valence-corrected chi connectivity index (χ3v) is 5.62. The minimum Gasteiger partial charge on any atom is -0.300 e. The first-order chi connectivity index (χ1) is 12.9. The lowest BCUT2D eigenvalue weighted by Gasteiger charge is -2.11. The van der Waals surface area contributed by atoms with Crippen molar-refractivity contribution in [3.05, 3.63) is 72.3 Å². The van der Waals surface area contributed by atoms with Gasteiger partial charge in [0.05, 0.1) is 4.90 Å². The molecule has 0 aliphatic rings. The number of ketones is 2. The van der Waals surface area contributed by atoms with Gasteiger partial charge in [0.25, 0.3) is 10.0 Å². The average Bonchev–Trinajstić information content (AvgIpc) is 2.65. The molecule has 0 saturated carbocycles. The summed E-state index contributed by atoms with van der Waals surface area (Å²) in [5.41, 5.74) is 0.672. The van der Waals surface area contributed by atoms with Crippen LogP contribution in [0.1, 0.15) is 30.1 Å². The fourth-order valence-corrected chi connectivity index (χ4v) is 4.11. The Bertz CT molecular complexity index is 1110. The molecular weight excluding hydrogens is 362 g/mol. The van der Waals surface area contributed by atoms with Crippen molar-refractivity contribution in [3.8, 4) is 0 Å². The van der Waals surface area contributed by atoms with Crippen LogP contribution in [-0.2, 0) is 14.8 Å². The van der Waals surface area contributed by atoms with Crippen LogP contribution < -0.4 is 4.72 Å². The normalized spacial score (nSPS) is 11.3. The van der Waals surface area contributed by atoms with Gasteiger partial charge in [-0.3, -0.25) is 9.52 Å². The molecule has 5 nitrogen and oxygen atoms in total. The van der Waals surface area contributed by atoms with Gasteiger partial charge < -0.3 is 4.79 Å². The van der Waals surface area contributed by atoms with E-state index in [0.717, 1.165) is 5.39 Å². The highest BCUT2D eigenvalue weighted by Crippen LogP contribution is 2.25. The summed E-state index contributed by atoms with van der Waals surface area (Å²) in [6.07, 6.45) is 0.277. The average molecular weight is 381 g/mol. The van der Waals surface area contributed by atoms with Crippen LogP contribution in [-0.4, -0.2) is 20.0 Å². The maximum absolute atomic E-state index is 12.9. The molecule has 1 N–H and O–H groups in total. The first kappa shape index (κ1) is 18.8. The summed E-state index contributed by atoms with van der Waals surface area (Å²) in [5, 5.41) is 1.45. The van der Waals surface area contributed by atoms with Crippen LogP contribution in [0, 0.1) is 0 Å². The van der Waals surface area contributed by atoms with E-state index in [9.17, 15) is 18.0 Å². The van der Waals surface area contributed by atoms with Crippen LogP contribution in [0.2, 0.25) is 0 Å². The van der Waals surface area contributed by atoms with E-state index in [1.54, 1.807) is 42.5 Å². The second kappa shape index (κ2) is 7.72. The van der Waals surface area contributed by atoms with Gasteiger partial charge in [-0.15, -0.1) is 0 Å². The Morgan fingerprint density at radius 3 is 2.37 bits per heavy atom. The van der Waals surface area contributed by atoms with Crippen LogP contribution in [0.4, 0.5) is 5.69 Å². The van der Waals surface area contributed by atoms with Crippen molar-refractivity contribution in [1.29, 1.82) is 0 Å². The lowest BCUT2D eigenvalue weighted by Crippen LogP contribution is -2.14. The third-order valence-electron chi connectivity index (χ3n) is 4.18. The second-order valence-electron chi connectivity index (χ2n) is 6.29. The number of Topliss-reactive ketones (excluding diaryl/α,β-unsaturated/α-hetero) is 2. The van der Waals surface area contributed by atoms with Gasteiger partial charge in [0.1, 0.15) is 5.78 Å². The van der Waals surface area contributed by atoms with Crippen LogP contribution in [0.15, 0.2) is 71.6 Å². The Labute approximate surface area is 158 Å². The molecule has 0 aromatic heterocycles. The predicted molar refractivity (Wildman–Crippen MR) is 105 cm³/mol. The molecule has 0 heterocycles. The van der Waals surface area contributed by atoms with E-state index in [2.05, 4.69) is 4.72 Å². The molecular formula is C21H19NO4S. The monoisotopic (exact) mass is 381 g/mol. The number of nitrogens with one attached hydrogen (secondary N) is 1. The summed E-state index contributed by atoms with van der Waals surface area (Å²) >= 11 is 0. The van der Waals surface area contributed by atoms with Crippen LogP contribution in [0.3, 0.4) is 0 Å². The number of rotatable bonds is 7. The topological polar surface area (TPSA) is 80.3 Å². The molecule has 0 bridgehead atoms. The van der Waals surface area contributed by atoms with Crippen molar-refractivity contribution in [1.82, 2.24) is 0 Å². The molecule has 0 aliphatic carbocycles. The van der Waals surface area contributed by atoms with Crippen molar-refractivity contribution in [2.24, 2.45) is 0 Å². The zero-order valence-corrected chi connectivity index (χ0v) is 15.6. The van der Waals surface area contributed by atoms with E-state index in [4.69, 9.17) is 0 Å². The second-order valence-corrected chi connectivity index (χ2v) is 7.94. The molecule has 3 aromatic rings. The number of carbonyl (C=O) groups excluding carboxylic acids is 2. The number of anilines is 1. The molecule has 0 saturated heterocycles. The first-order valence-electron chi connectivity index (χ1n) is 8.50. The lowest BCUT2D eigenvalue weighted by molar-refractivity contribution is -0.116. The van der Waals surface area contributed by atoms with Gasteiger partial charge in [0, 0.05) is 29.5 Å². The summed E-state index contributed by atoms with van der Waals surface area (Å²) in [6.45, 7) is 1.43. The number of sulfonamides is 1. The van der Waals surface area contributed by atoms with E-state index in [1.807, 2.05) is 18.2 Å². The Hall–Kier alpha value is -2.99. The highest BCUT2D eigenvalue weighted by molar-refractivity contribution is 7.93. The van der Waals surface area contributed by atoms with Gasteiger partial charge in [-0.25, -0.2) is 8.42 Å². The molecule has 0 aliphatic heterocycles. The summed E-state index contributed by atoms with van der Waals surface area (Å²) < 4.78 is 28.3. The molecule has 0 fully saturated rings. The van der Waals surface area contributed by atoms with E-state index in [1.165, 1.54) is 13.0 Å².